The standard InChI is InChI=1S/C27H31N3O3/c1-32-23-12-10-20(11-13-23)25(30-14-4-5-15-30)18-28-27(31)24-17-26(33-29-24)22-9-8-19-6-2-3-7-21(19)16-22/h8-13,16-17,25H,2-7,14-15,18H2,1H3,(H,28,31). The van der Waals surface area contributed by atoms with Crippen molar-refractivity contribution in [1.29, 1.82) is 0 Å². The number of ether oxygens (including phenoxy) is 1. The SMILES string of the molecule is COc1ccc(C(CNC(=O)c2cc(-c3ccc4c(c3)CCCC4)on2)N2CCCC2)cc1. The zero-order valence-corrected chi connectivity index (χ0v) is 19.2. The van der Waals surface area contributed by atoms with Crippen LogP contribution in [-0.4, -0.2) is 42.7 Å². The molecule has 1 N–H and O–H groups in total. The monoisotopic (exact) mass is 445 g/mol. The van der Waals surface area contributed by atoms with E-state index in [9.17, 15) is 4.79 Å². The third kappa shape index (κ3) is 4.81. The first-order valence-electron chi connectivity index (χ1n) is 12.0. The fourth-order valence-corrected chi connectivity index (χ4v) is 5.02. The molecule has 1 amide bonds. The molecule has 2 heterocycles. The molecule has 6 heteroatoms. The zero-order valence-electron chi connectivity index (χ0n) is 19.2. The van der Waals surface area contributed by atoms with Gasteiger partial charge >= 0.3 is 0 Å². The summed E-state index contributed by atoms with van der Waals surface area (Å²) in [7, 11) is 1.67. The number of aromatic nitrogens is 1. The quantitative estimate of drug-likeness (QED) is 0.566. The minimum atomic E-state index is -0.208. The van der Waals surface area contributed by atoms with Gasteiger partial charge in [0.15, 0.2) is 11.5 Å². The second-order valence-electron chi connectivity index (χ2n) is 9.01. The topological polar surface area (TPSA) is 67.6 Å². The van der Waals surface area contributed by atoms with Crippen molar-refractivity contribution in [2.24, 2.45) is 0 Å². The van der Waals surface area contributed by atoms with Gasteiger partial charge in [0, 0.05) is 18.2 Å². The van der Waals surface area contributed by atoms with Crippen molar-refractivity contribution < 1.29 is 14.1 Å². The van der Waals surface area contributed by atoms with E-state index < -0.39 is 0 Å². The van der Waals surface area contributed by atoms with Crippen molar-refractivity contribution in [2.45, 2.75) is 44.6 Å². The van der Waals surface area contributed by atoms with Gasteiger partial charge in [0.1, 0.15) is 5.75 Å². The van der Waals surface area contributed by atoms with Crippen LogP contribution in [0.15, 0.2) is 53.1 Å². The number of benzene rings is 2. The number of methoxy groups -OCH3 is 1. The van der Waals surface area contributed by atoms with E-state index in [-0.39, 0.29) is 11.9 Å². The van der Waals surface area contributed by atoms with Crippen LogP contribution in [0.5, 0.6) is 5.75 Å². The molecule has 1 aromatic heterocycles. The Morgan fingerprint density at radius 1 is 1.03 bits per heavy atom. The van der Waals surface area contributed by atoms with E-state index in [1.165, 1.54) is 42.4 Å². The third-order valence-electron chi connectivity index (χ3n) is 6.91. The molecule has 1 unspecified atom stereocenters. The van der Waals surface area contributed by atoms with Gasteiger partial charge in [-0.1, -0.05) is 29.4 Å². The lowest BCUT2D eigenvalue weighted by Gasteiger charge is -2.28. The maximum atomic E-state index is 12.9. The highest BCUT2D eigenvalue weighted by Crippen LogP contribution is 2.29. The van der Waals surface area contributed by atoms with Crippen molar-refractivity contribution >= 4 is 5.91 Å². The molecule has 1 saturated heterocycles. The summed E-state index contributed by atoms with van der Waals surface area (Å²) in [6, 6.07) is 16.4. The molecule has 0 spiro atoms. The summed E-state index contributed by atoms with van der Waals surface area (Å²) in [6.07, 6.45) is 7.11. The number of nitrogens with zero attached hydrogens (tertiary/aromatic N) is 2. The first-order chi connectivity index (χ1) is 16.2. The lowest BCUT2D eigenvalue weighted by atomic mass is 9.90. The second kappa shape index (κ2) is 9.79. The summed E-state index contributed by atoms with van der Waals surface area (Å²) in [6.45, 7) is 2.60. The molecule has 0 bridgehead atoms. The lowest BCUT2D eigenvalue weighted by molar-refractivity contribution is 0.0929. The van der Waals surface area contributed by atoms with E-state index in [4.69, 9.17) is 9.26 Å². The molecule has 0 radical (unpaired) electrons. The van der Waals surface area contributed by atoms with Crippen molar-refractivity contribution in [1.82, 2.24) is 15.4 Å². The average molecular weight is 446 g/mol. The Hall–Kier alpha value is -3.12. The number of nitrogens with one attached hydrogen (secondary N) is 1. The molecule has 2 aliphatic rings. The van der Waals surface area contributed by atoms with Crippen LogP contribution in [0.1, 0.15) is 58.9 Å². The highest BCUT2D eigenvalue weighted by Gasteiger charge is 2.25. The Morgan fingerprint density at radius 3 is 2.55 bits per heavy atom. The maximum absolute atomic E-state index is 12.9. The lowest BCUT2D eigenvalue weighted by Crippen LogP contribution is -2.36. The predicted octanol–water partition coefficient (Wildman–Crippen LogP) is 4.80. The van der Waals surface area contributed by atoms with Crippen molar-refractivity contribution in [3.05, 3.63) is 70.9 Å². The van der Waals surface area contributed by atoms with E-state index >= 15 is 0 Å². The molecule has 6 nitrogen and oxygen atoms in total. The molecule has 1 aliphatic carbocycles. The summed E-state index contributed by atoms with van der Waals surface area (Å²) in [5, 5.41) is 7.14. The number of carbonyl (C=O) groups excluding carboxylic acids is 1. The van der Waals surface area contributed by atoms with E-state index in [0.29, 0.717) is 18.0 Å². The molecule has 33 heavy (non-hydrogen) atoms. The molecule has 0 saturated carbocycles. The van der Waals surface area contributed by atoms with Gasteiger partial charge in [-0.15, -0.1) is 0 Å². The minimum Gasteiger partial charge on any atom is -0.497 e. The van der Waals surface area contributed by atoms with Crippen LogP contribution in [0.3, 0.4) is 0 Å². The fraction of sp³-hybridized carbons (Fsp3) is 0.407. The van der Waals surface area contributed by atoms with Gasteiger partial charge in [0.25, 0.3) is 5.91 Å². The minimum absolute atomic E-state index is 0.120. The van der Waals surface area contributed by atoms with Gasteiger partial charge in [-0.3, -0.25) is 9.69 Å². The first-order valence-corrected chi connectivity index (χ1v) is 12.0. The molecule has 172 valence electrons. The normalized spacial score (nSPS) is 16.9. The summed E-state index contributed by atoms with van der Waals surface area (Å²) in [5.74, 6) is 1.26. The van der Waals surface area contributed by atoms with Gasteiger partial charge in [-0.25, -0.2) is 0 Å². The number of hydrogen-bond acceptors (Lipinski definition) is 5. The molecular formula is C27H31N3O3. The van der Waals surface area contributed by atoms with Crippen LogP contribution in [0.25, 0.3) is 11.3 Å². The predicted molar refractivity (Wildman–Crippen MR) is 127 cm³/mol. The molecule has 5 rings (SSSR count). The third-order valence-corrected chi connectivity index (χ3v) is 6.91. The molecule has 1 aliphatic heterocycles. The van der Waals surface area contributed by atoms with Gasteiger partial charge in [0.05, 0.1) is 13.2 Å². The van der Waals surface area contributed by atoms with E-state index in [2.05, 4.69) is 45.7 Å². The van der Waals surface area contributed by atoms with E-state index in [1.807, 2.05) is 12.1 Å². The summed E-state index contributed by atoms with van der Waals surface area (Å²) < 4.78 is 10.8. The number of carbonyl (C=O) groups is 1. The van der Waals surface area contributed by atoms with Crippen molar-refractivity contribution in [3.63, 3.8) is 0 Å². The largest absolute Gasteiger partial charge is 0.497 e. The van der Waals surface area contributed by atoms with Crippen LogP contribution in [0.2, 0.25) is 0 Å². The van der Waals surface area contributed by atoms with E-state index in [1.54, 1.807) is 13.2 Å². The van der Waals surface area contributed by atoms with Gasteiger partial charge in [-0.05, 0) is 86.5 Å². The molecule has 1 atom stereocenters. The molecule has 3 aromatic rings. The smallest absolute Gasteiger partial charge is 0.273 e. The molecular weight excluding hydrogens is 414 g/mol. The Balaban J connectivity index is 1.28. The number of aryl methyl sites for hydroxylation is 2. The zero-order chi connectivity index (χ0) is 22.6. The Labute approximate surface area is 194 Å². The van der Waals surface area contributed by atoms with Crippen LogP contribution in [0, 0.1) is 0 Å². The van der Waals surface area contributed by atoms with Gasteiger partial charge < -0.3 is 14.6 Å². The van der Waals surface area contributed by atoms with Crippen LogP contribution >= 0.6 is 0 Å². The van der Waals surface area contributed by atoms with Crippen molar-refractivity contribution in [3.8, 4) is 17.1 Å². The van der Waals surface area contributed by atoms with Gasteiger partial charge in [0.2, 0.25) is 0 Å². The van der Waals surface area contributed by atoms with Crippen LogP contribution in [0.4, 0.5) is 0 Å². The number of amides is 1. The van der Waals surface area contributed by atoms with Gasteiger partial charge in [-0.2, -0.15) is 0 Å². The summed E-state index contributed by atoms with van der Waals surface area (Å²) >= 11 is 0. The Kier molecular flexibility index (Phi) is 6.44. The van der Waals surface area contributed by atoms with Crippen LogP contribution < -0.4 is 10.1 Å². The van der Waals surface area contributed by atoms with Crippen molar-refractivity contribution in [2.75, 3.05) is 26.7 Å². The highest BCUT2D eigenvalue weighted by atomic mass is 16.5. The summed E-state index contributed by atoms with van der Waals surface area (Å²) in [4.78, 5) is 15.3. The molecule has 1 fully saturated rings. The number of rotatable bonds is 7. The number of likely N-dealkylation sites (tertiary alicyclic amines) is 1. The summed E-state index contributed by atoms with van der Waals surface area (Å²) in [5.41, 5.74) is 5.28. The van der Waals surface area contributed by atoms with Crippen LogP contribution in [-0.2, 0) is 12.8 Å². The van der Waals surface area contributed by atoms with E-state index in [0.717, 1.165) is 37.2 Å². The fourth-order valence-electron chi connectivity index (χ4n) is 5.02. The molecule has 2 aromatic carbocycles. The maximum Gasteiger partial charge on any atom is 0.273 e. The number of hydrogen-bond donors (Lipinski definition) is 1. The Bertz CT molecular complexity index is 1100. The highest BCUT2D eigenvalue weighted by molar-refractivity contribution is 5.93. The number of fused-ring (bicyclic) bond motifs is 1. The first kappa shape index (κ1) is 21.7. The average Bonchev–Trinajstić information content (AvgIpc) is 3.57. The second-order valence-corrected chi connectivity index (χ2v) is 9.01. The Morgan fingerprint density at radius 2 is 1.79 bits per heavy atom.